The van der Waals surface area contributed by atoms with Crippen molar-refractivity contribution >= 4 is 29.3 Å². The van der Waals surface area contributed by atoms with Gasteiger partial charge in [0.05, 0.1) is 12.9 Å². The standard InChI is InChI=1S/C5H6N2O2S2/c1-9-4(8)2-10-5-6-3-7-11-5/h3H,2H2,1H3. The molecule has 1 heterocycles. The second-order valence-electron chi connectivity index (χ2n) is 1.57. The quantitative estimate of drug-likeness (QED) is 0.521. The number of carbonyl (C=O) groups excluding carboxylic acids is 1. The minimum atomic E-state index is -0.245. The van der Waals surface area contributed by atoms with E-state index in [9.17, 15) is 4.79 Å². The van der Waals surface area contributed by atoms with Crippen LogP contribution in [0.25, 0.3) is 0 Å². The molecule has 1 aromatic heterocycles. The van der Waals surface area contributed by atoms with Crippen LogP contribution in [0.4, 0.5) is 0 Å². The molecule has 11 heavy (non-hydrogen) atoms. The highest BCUT2D eigenvalue weighted by molar-refractivity contribution is 8.01. The van der Waals surface area contributed by atoms with Crippen LogP contribution in [0.2, 0.25) is 0 Å². The maximum atomic E-state index is 10.6. The van der Waals surface area contributed by atoms with Crippen LogP contribution in [0, 0.1) is 0 Å². The molecule has 0 aromatic carbocycles. The van der Waals surface area contributed by atoms with Crippen molar-refractivity contribution in [2.45, 2.75) is 4.34 Å². The molecule has 6 heteroatoms. The van der Waals surface area contributed by atoms with Gasteiger partial charge in [-0.3, -0.25) is 4.79 Å². The lowest BCUT2D eigenvalue weighted by Gasteiger charge is -1.93. The lowest BCUT2D eigenvalue weighted by molar-refractivity contribution is -0.137. The van der Waals surface area contributed by atoms with Gasteiger partial charge in [0.15, 0.2) is 4.34 Å². The van der Waals surface area contributed by atoms with Crippen LogP contribution in [0.1, 0.15) is 0 Å². The number of methoxy groups -OCH3 is 1. The van der Waals surface area contributed by atoms with Crippen molar-refractivity contribution in [3.05, 3.63) is 6.33 Å². The summed E-state index contributed by atoms with van der Waals surface area (Å²) >= 11 is 2.60. The van der Waals surface area contributed by atoms with Gasteiger partial charge in [0, 0.05) is 0 Å². The highest BCUT2D eigenvalue weighted by atomic mass is 32.2. The van der Waals surface area contributed by atoms with Gasteiger partial charge in [0.2, 0.25) is 0 Å². The van der Waals surface area contributed by atoms with Crippen molar-refractivity contribution in [3.63, 3.8) is 0 Å². The van der Waals surface area contributed by atoms with E-state index in [1.54, 1.807) is 0 Å². The molecule has 0 aliphatic rings. The Morgan fingerprint density at radius 2 is 2.73 bits per heavy atom. The van der Waals surface area contributed by atoms with E-state index in [0.717, 1.165) is 4.34 Å². The molecule has 0 fully saturated rings. The third-order valence-corrected chi connectivity index (χ3v) is 2.65. The molecule has 0 saturated carbocycles. The van der Waals surface area contributed by atoms with Crippen LogP contribution in [0.15, 0.2) is 10.7 Å². The maximum absolute atomic E-state index is 10.6. The lowest BCUT2D eigenvalue weighted by Crippen LogP contribution is -2.02. The molecular formula is C5H6N2O2S2. The van der Waals surface area contributed by atoms with Gasteiger partial charge in [-0.2, -0.15) is 4.37 Å². The molecule has 0 atom stereocenters. The Balaban J connectivity index is 2.29. The molecule has 1 rings (SSSR count). The Bertz CT molecular complexity index is 224. The zero-order chi connectivity index (χ0) is 8.10. The fourth-order valence-corrected chi connectivity index (χ4v) is 1.68. The number of aromatic nitrogens is 2. The van der Waals surface area contributed by atoms with Gasteiger partial charge in [-0.25, -0.2) is 4.98 Å². The molecule has 0 aliphatic heterocycles. The van der Waals surface area contributed by atoms with E-state index in [1.165, 1.54) is 36.7 Å². The number of hydrogen-bond donors (Lipinski definition) is 0. The maximum Gasteiger partial charge on any atom is 0.316 e. The zero-order valence-electron chi connectivity index (χ0n) is 5.81. The number of nitrogens with zero attached hydrogens (tertiary/aromatic N) is 2. The van der Waals surface area contributed by atoms with Gasteiger partial charge in [-0.15, -0.1) is 0 Å². The van der Waals surface area contributed by atoms with Gasteiger partial charge in [-0.1, -0.05) is 11.8 Å². The molecule has 0 bridgehead atoms. The summed E-state index contributed by atoms with van der Waals surface area (Å²) in [7, 11) is 1.36. The number of carbonyl (C=O) groups is 1. The van der Waals surface area contributed by atoms with Crippen LogP contribution >= 0.6 is 23.3 Å². The summed E-state index contributed by atoms with van der Waals surface area (Å²) in [5.74, 6) is 0.0521. The summed E-state index contributed by atoms with van der Waals surface area (Å²) in [5, 5.41) is 0. The van der Waals surface area contributed by atoms with Crippen LogP contribution < -0.4 is 0 Å². The molecule has 0 unspecified atom stereocenters. The van der Waals surface area contributed by atoms with Gasteiger partial charge < -0.3 is 4.74 Å². The lowest BCUT2D eigenvalue weighted by atomic mass is 10.8. The number of thioether (sulfide) groups is 1. The normalized spacial score (nSPS) is 9.55. The van der Waals surface area contributed by atoms with E-state index >= 15 is 0 Å². The average molecular weight is 190 g/mol. The molecule has 0 saturated heterocycles. The molecule has 4 nitrogen and oxygen atoms in total. The van der Waals surface area contributed by atoms with Crippen molar-refractivity contribution in [1.82, 2.24) is 9.36 Å². The highest BCUT2D eigenvalue weighted by Crippen LogP contribution is 2.17. The second kappa shape index (κ2) is 4.30. The zero-order valence-corrected chi connectivity index (χ0v) is 7.44. The summed E-state index contributed by atoms with van der Waals surface area (Å²) in [5.41, 5.74) is 0. The van der Waals surface area contributed by atoms with Crippen molar-refractivity contribution < 1.29 is 9.53 Å². The predicted molar refractivity (Wildman–Crippen MR) is 42.6 cm³/mol. The summed E-state index contributed by atoms with van der Waals surface area (Å²) in [6.07, 6.45) is 1.46. The van der Waals surface area contributed by atoms with Crippen molar-refractivity contribution in [3.8, 4) is 0 Å². The third kappa shape index (κ3) is 2.85. The fraction of sp³-hybridized carbons (Fsp3) is 0.400. The molecule has 0 amide bonds. The Kier molecular flexibility index (Phi) is 3.31. The SMILES string of the molecule is COC(=O)CSc1ncns1. The number of rotatable bonds is 3. The molecule has 0 spiro atoms. The Morgan fingerprint density at radius 3 is 3.27 bits per heavy atom. The predicted octanol–water partition coefficient (Wildman–Crippen LogP) is 0.803. The van der Waals surface area contributed by atoms with Crippen LogP contribution in [-0.4, -0.2) is 28.2 Å². The van der Waals surface area contributed by atoms with Gasteiger partial charge >= 0.3 is 5.97 Å². The first kappa shape index (κ1) is 8.48. The minimum absolute atomic E-state index is 0.245. The summed E-state index contributed by atoms with van der Waals surface area (Å²) < 4.78 is 9.02. The van der Waals surface area contributed by atoms with Crippen LogP contribution in [0.5, 0.6) is 0 Å². The molecule has 60 valence electrons. The van der Waals surface area contributed by atoms with E-state index in [2.05, 4.69) is 14.1 Å². The molecule has 0 aliphatic carbocycles. The van der Waals surface area contributed by atoms with Crippen LogP contribution in [0.3, 0.4) is 0 Å². The minimum Gasteiger partial charge on any atom is -0.468 e. The molecule has 1 aromatic rings. The first-order valence-electron chi connectivity index (χ1n) is 2.79. The number of hydrogen-bond acceptors (Lipinski definition) is 6. The fourth-order valence-electron chi connectivity index (χ4n) is 0.406. The Labute approximate surface area is 72.1 Å². The smallest absolute Gasteiger partial charge is 0.316 e. The number of esters is 1. The van der Waals surface area contributed by atoms with E-state index in [4.69, 9.17) is 0 Å². The first-order valence-corrected chi connectivity index (χ1v) is 4.55. The van der Waals surface area contributed by atoms with Crippen molar-refractivity contribution in [2.24, 2.45) is 0 Å². The topological polar surface area (TPSA) is 52.1 Å². The average Bonchev–Trinajstić information content (AvgIpc) is 2.52. The Morgan fingerprint density at radius 1 is 1.91 bits per heavy atom. The van der Waals surface area contributed by atoms with Gasteiger partial charge in [0.1, 0.15) is 6.33 Å². The molecular weight excluding hydrogens is 184 g/mol. The van der Waals surface area contributed by atoms with Crippen LogP contribution in [-0.2, 0) is 9.53 Å². The summed E-state index contributed by atoms with van der Waals surface area (Å²) in [6.45, 7) is 0. The third-order valence-electron chi connectivity index (χ3n) is 0.882. The van der Waals surface area contributed by atoms with Gasteiger partial charge in [-0.05, 0) is 11.5 Å². The number of ether oxygens (including phenoxy) is 1. The van der Waals surface area contributed by atoms with Gasteiger partial charge in [0.25, 0.3) is 0 Å². The monoisotopic (exact) mass is 190 g/mol. The van der Waals surface area contributed by atoms with E-state index in [0.29, 0.717) is 5.75 Å². The summed E-state index contributed by atoms with van der Waals surface area (Å²) in [4.78, 5) is 14.5. The van der Waals surface area contributed by atoms with E-state index in [1.807, 2.05) is 0 Å². The van der Waals surface area contributed by atoms with Crippen molar-refractivity contribution in [2.75, 3.05) is 12.9 Å². The van der Waals surface area contributed by atoms with E-state index in [-0.39, 0.29) is 5.97 Å². The first-order chi connectivity index (χ1) is 5.33. The summed E-state index contributed by atoms with van der Waals surface area (Å²) in [6, 6.07) is 0. The molecule has 0 N–H and O–H groups in total. The largest absolute Gasteiger partial charge is 0.468 e. The second-order valence-corrected chi connectivity index (χ2v) is 3.57. The Hall–Kier alpha value is -0.620. The highest BCUT2D eigenvalue weighted by Gasteiger charge is 2.03. The van der Waals surface area contributed by atoms with Crippen molar-refractivity contribution in [1.29, 1.82) is 0 Å². The molecule has 0 radical (unpaired) electrons. The van der Waals surface area contributed by atoms with E-state index < -0.39 is 0 Å².